The molecule has 0 aliphatic heterocycles. The molecule has 1 aromatic rings. The third-order valence-electron chi connectivity index (χ3n) is 10.9. The second-order valence-electron chi connectivity index (χ2n) is 12.9. The number of ketones is 1. The van der Waals surface area contributed by atoms with E-state index in [0.29, 0.717) is 25.0 Å². The number of carbonyl (C=O) groups excluding carboxylic acids is 2. The molecule has 3 saturated carbocycles. The molecule has 4 rings (SSSR count). The standard InChI is InChI=1S/C31H43NO8S2/c1-7-29(5)13-20(30(6)16(3)9-11-31(17(4)27(29)37)12-10-19(33)26(30)31)40-21(34)15-41-14-18(28(38)39)32-22-23(35)24(36)25(22)42-8-2/h7,16-18,20,26-27,32,37H,1,8-15H2,2-6H3,(H,38,39)/t16-,17+,18?,20-,26+,27+,29-,30+,31+/m1/s1. The van der Waals surface area contributed by atoms with E-state index in [2.05, 4.69) is 32.7 Å². The molecule has 0 radical (unpaired) electrons. The average Bonchev–Trinajstić information content (AvgIpc) is 3.31. The van der Waals surface area contributed by atoms with Gasteiger partial charge in [0.2, 0.25) is 5.43 Å². The van der Waals surface area contributed by atoms with E-state index in [-0.39, 0.29) is 51.0 Å². The average molecular weight is 622 g/mol. The summed E-state index contributed by atoms with van der Waals surface area (Å²) in [6.07, 6.45) is 3.54. The number of ether oxygens (including phenoxy) is 1. The number of carboxylic acids is 1. The van der Waals surface area contributed by atoms with Crippen molar-refractivity contribution in [1.29, 1.82) is 0 Å². The lowest BCUT2D eigenvalue weighted by atomic mass is 9.44. The molecular weight excluding hydrogens is 578 g/mol. The summed E-state index contributed by atoms with van der Waals surface area (Å²) in [5, 5.41) is 24.0. The SMILES string of the molecule is C=C[C@]1(C)C[C@@H](OC(=O)CSCC(Nc2c(SCC)c(=O)c2=O)C(=O)O)[C@]2(C)[C@H](C)CC[C@]3(CCC(=O)[C@H]32)[C@@H](C)[C@@H]1O. The van der Waals surface area contributed by atoms with Gasteiger partial charge in [-0.1, -0.05) is 40.7 Å². The molecule has 42 heavy (non-hydrogen) atoms. The molecular formula is C31H43NO8S2. The summed E-state index contributed by atoms with van der Waals surface area (Å²) in [7, 11) is 0. The maximum atomic E-state index is 13.5. The predicted octanol–water partition coefficient (Wildman–Crippen LogP) is 3.90. The molecule has 2 bridgehead atoms. The van der Waals surface area contributed by atoms with Gasteiger partial charge in [0.1, 0.15) is 23.6 Å². The number of Topliss-reactive ketones (excluding diaryl/α,β-unsaturated/α-hetero) is 1. The van der Waals surface area contributed by atoms with Gasteiger partial charge < -0.3 is 20.3 Å². The summed E-state index contributed by atoms with van der Waals surface area (Å²) in [4.78, 5) is 62.8. The molecule has 9 atom stereocenters. The van der Waals surface area contributed by atoms with Crippen LogP contribution in [-0.2, 0) is 19.1 Å². The van der Waals surface area contributed by atoms with Gasteiger partial charge in [0.05, 0.1) is 16.8 Å². The van der Waals surface area contributed by atoms with Crippen molar-refractivity contribution >= 4 is 46.9 Å². The molecule has 0 heterocycles. The Labute approximate surface area is 255 Å². The summed E-state index contributed by atoms with van der Waals surface area (Å²) in [6.45, 7) is 14.0. The van der Waals surface area contributed by atoms with Gasteiger partial charge in [0.25, 0.3) is 5.43 Å². The molecule has 232 valence electrons. The van der Waals surface area contributed by atoms with E-state index in [1.807, 2.05) is 13.8 Å². The molecule has 3 N–H and O–H groups in total. The summed E-state index contributed by atoms with van der Waals surface area (Å²) < 4.78 is 6.21. The third kappa shape index (κ3) is 5.27. The number of thioether (sulfide) groups is 2. The Morgan fingerprint density at radius 1 is 1.19 bits per heavy atom. The van der Waals surface area contributed by atoms with Gasteiger partial charge in [-0.05, 0) is 48.7 Å². The minimum absolute atomic E-state index is 0.0115. The molecule has 1 unspecified atom stereocenters. The number of hydrogen-bond donors (Lipinski definition) is 3. The number of aliphatic hydroxyl groups excluding tert-OH is 1. The van der Waals surface area contributed by atoms with Crippen molar-refractivity contribution in [3.8, 4) is 0 Å². The highest BCUT2D eigenvalue weighted by atomic mass is 32.2. The second kappa shape index (κ2) is 12.1. The lowest BCUT2D eigenvalue weighted by Crippen LogP contribution is -2.63. The Hall–Kier alpha value is -2.11. The smallest absolute Gasteiger partial charge is 0.326 e. The van der Waals surface area contributed by atoms with Crippen molar-refractivity contribution in [3.05, 3.63) is 33.1 Å². The minimum Gasteiger partial charge on any atom is -0.480 e. The molecule has 3 fully saturated rings. The Morgan fingerprint density at radius 3 is 2.50 bits per heavy atom. The number of anilines is 1. The number of aliphatic carboxylic acids is 1. The normalized spacial score (nSPS) is 36.9. The van der Waals surface area contributed by atoms with Gasteiger partial charge in [-0.3, -0.25) is 19.2 Å². The van der Waals surface area contributed by atoms with Crippen molar-refractivity contribution < 1.29 is 29.3 Å². The number of carboxylic acid groups (broad SMARTS) is 1. The van der Waals surface area contributed by atoms with Gasteiger partial charge in [0, 0.05) is 28.9 Å². The van der Waals surface area contributed by atoms with Crippen molar-refractivity contribution in [2.45, 2.75) is 89.9 Å². The Morgan fingerprint density at radius 2 is 1.88 bits per heavy atom. The zero-order valence-electron chi connectivity index (χ0n) is 25.1. The first-order valence-electron chi connectivity index (χ1n) is 14.7. The third-order valence-corrected chi connectivity index (χ3v) is 12.8. The first kappa shape index (κ1) is 32.8. The van der Waals surface area contributed by atoms with Crippen LogP contribution in [0.15, 0.2) is 27.1 Å². The highest BCUT2D eigenvalue weighted by molar-refractivity contribution is 8.00. The first-order valence-corrected chi connectivity index (χ1v) is 16.9. The minimum atomic E-state index is -1.21. The number of hydrogen-bond acceptors (Lipinski definition) is 10. The summed E-state index contributed by atoms with van der Waals surface area (Å²) in [5.41, 5.74) is -3.09. The topological polar surface area (TPSA) is 147 Å². The van der Waals surface area contributed by atoms with Crippen LogP contribution in [0.2, 0.25) is 0 Å². The van der Waals surface area contributed by atoms with Gasteiger partial charge in [-0.2, -0.15) is 0 Å². The second-order valence-corrected chi connectivity index (χ2v) is 15.2. The number of esters is 1. The van der Waals surface area contributed by atoms with Gasteiger partial charge in [0.15, 0.2) is 0 Å². The monoisotopic (exact) mass is 621 g/mol. The Kier molecular flexibility index (Phi) is 9.46. The lowest BCUT2D eigenvalue weighted by molar-refractivity contribution is -0.205. The fourth-order valence-corrected chi connectivity index (χ4v) is 9.71. The Balaban J connectivity index is 1.53. The molecule has 11 heteroatoms. The lowest BCUT2D eigenvalue weighted by Gasteiger charge is -2.61. The fraction of sp³-hybridized carbons (Fsp3) is 0.710. The molecule has 1 aromatic carbocycles. The van der Waals surface area contributed by atoms with Crippen LogP contribution in [0.1, 0.15) is 66.7 Å². The van der Waals surface area contributed by atoms with Crippen LogP contribution >= 0.6 is 23.5 Å². The van der Waals surface area contributed by atoms with Gasteiger partial charge in [-0.25, -0.2) is 4.79 Å². The van der Waals surface area contributed by atoms with E-state index in [1.54, 1.807) is 6.08 Å². The summed E-state index contributed by atoms with van der Waals surface area (Å²) in [6, 6.07) is -1.18. The molecule has 9 nitrogen and oxygen atoms in total. The van der Waals surface area contributed by atoms with Crippen LogP contribution in [-0.4, -0.2) is 63.4 Å². The van der Waals surface area contributed by atoms with Crippen molar-refractivity contribution in [1.82, 2.24) is 0 Å². The van der Waals surface area contributed by atoms with Gasteiger partial charge >= 0.3 is 11.9 Å². The largest absolute Gasteiger partial charge is 0.480 e. The zero-order valence-corrected chi connectivity index (χ0v) is 26.7. The van der Waals surface area contributed by atoms with E-state index in [1.165, 1.54) is 11.8 Å². The summed E-state index contributed by atoms with van der Waals surface area (Å²) in [5.74, 6) is -1.53. The molecule has 0 spiro atoms. The van der Waals surface area contributed by atoms with Crippen molar-refractivity contribution in [2.24, 2.45) is 34.0 Å². The highest BCUT2D eigenvalue weighted by Crippen LogP contribution is 2.68. The van der Waals surface area contributed by atoms with Crippen molar-refractivity contribution in [3.63, 3.8) is 0 Å². The quantitative estimate of drug-likeness (QED) is 0.143. The van der Waals surface area contributed by atoms with E-state index in [9.17, 15) is 34.2 Å². The Bertz CT molecular complexity index is 1320. The number of rotatable bonds is 11. The van der Waals surface area contributed by atoms with Gasteiger partial charge in [-0.15, -0.1) is 30.1 Å². The van der Waals surface area contributed by atoms with Crippen LogP contribution < -0.4 is 16.2 Å². The summed E-state index contributed by atoms with van der Waals surface area (Å²) >= 11 is 2.24. The van der Waals surface area contributed by atoms with E-state index in [0.717, 1.165) is 24.6 Å². The maximum Gasteiger partial charge on any atom is 0.326 e. The number of carbonyl (C=O) groups is 3. The van der Waals surface area contributed by atoms with E-state index < -0.39 is 51.9 Å². The van der Waals surface area contributed by atoms with Crippen LogP contribution in [0.3, 0.4) is 0 Å². The van der Waals surface area contributed by atoms with Crippen molar-refractivity contribution in [2.75, 3.05) is 22.6 Å². The number of aliphatic hydroxyl groups is 1. The van der Waals surface area contributed by atoms with Crippen LogP contribution in [0.25, 0.3) is 0 Å². The van der Waals surface area contributed by atoms with E-state index in [4.69, 9.17) is 4.74 Å². The molecule has 0 saturated heterocycles. The zero-order chi connectivity index (χ0) is 31.2. The number of nitrogens with one attached hydrogen (secondary N) is 1. The van der Waals surface area contributed by atoms with E-state index >= 15 is 0 Å². The molecule has 3 aliphatic rings. The maximum absolute atomic E-state index is 13.5. The van der Waals surface area contributed by atoms with Crippen LogP contribution in [0.5, 0.6) is 0 Å². The molecule has 3 aliphatic carbocycles. The van der Waals surface area contributed by atoms with Crippen LogP contribution in [0.4, 0.5) is 5.69 Å². The highest BCUT2D eigenvalue weighted by Gasteiger charge is 2.68. The first-order chi connectivity index (χ1) is 19.7. The fourth-order valence-electron chi connectivity index (χ4n) is 8.09. The van der Waals surface area contributed by atoms with Crippen LogP contribution in [0, 0.1) is 34.0 Å². The molecule has 0 aromatic heterocycles. The predicted molar refractivity (Wildman–Crippen MR) is 165 cm³/mol. The molecule has 0 amide bonds.